The van der Waals surface area contributed by atoms with Crippen LogP contribution in [0.1, 0.15) is 11.1 Å². The fourth-order valence-electron chi connectivity index (χ4n) is 3.12. The molecular formula is C23H23N3O3. The zero-order chi connectivity index (χ0) is 19.9. The summed E-state index contributed by atoms with van der Waals surface area (Å²) in [7, 11) is 1.66. The third kappa shape index (κ3) is 4.99. The van der Waals surface area contributed by atoms with Crippen LogP contribution in [0, 0.1) is 0 Å². The maximum absolute atomic E-state index is 5.76. The Labute approximate surface area is 170 Å². The van der Waals surface area contributed by atoms with E-state index in [1.807, 2.05) is 54.6 Å². The molecule has 0 atom stereocenters. The van der Waals surface area contributed by atoms with E-state index in [1.165, 1.54) is 0 Å². The molecule has 4 rings (SSSR count). The third-order valence-electron chi connectivity index (χ3n) is 4.54. The average Bonchev–Trinajstić information content (AvgIpc) is 2.76. The number of ether oxygens (including phenoxy) is 3. The monoisotopic (exact) mass is 389 g/mol. The summed E-state index contributed by atoms with van der Waals surface area (Å²) < 4.78 is 16.9. The quantitative estimate of drug-likeness (QED) is 0.618. The van der Waals surface area contributed by atoms with E-state index in [-0.39, 0.29) is 0 Å². The first-order valence-corrected chi connectivity index (χ1v) is 9.48. The molecule has 2 heterocycles. The van der Waals surface area contributed by atoms with E-state index in [0.717, 1.165) is 33.8 Å². The Morgan fingerprint density at radius 1 is 0.966 bits per heavy atom. The number of rotatable bonds is 1. The minimum atomic E-state index is 0.440. The fraction of sp³-hybridized carbons (Fsp3) is 0.217. The highest BCUT2D eigenvalue weighted by molar-refractivity contribution is 5.63. The Hall–Kier alpha value is -3.22. The number of benzene rings is 2. The van der Waals surface area contributed by atoms with Crippen LogP contribution in [0.5, 0.6) is 5.75 Å². The molecule has 1 aliphatic heterocycles. The SMILES string of the molecule is COc1ccc2cc1COC/C=C/COCc1cccc(c1)-c1ccnc(n1)N2. The molecule has 0 saturated heterocycles. The molecular weight excluding hydrogens is 366 g/mol. The summed E-state index contributed by atoms with van der Waals surface area (Å²) in [5, 5.41) is 3.28. The molecule has 148 valence electrons. The van der Waals surface area contributed by atoms with E-state index in [1.54, 1.807) is 13.3 Å². The number of nitrogens with one attached hydrogen (secondary N) is 1. The Bertz CT molecular complexity index is 1000. The van der Waals surface area contributed by atoms with Crippen molar-refractivity contribution in [3.05, 3.63) is 78.0 Å². The molecule has 1 aromatic heterocycles. The molecule has 29 heavy (non-hydrogen) atoms. The largest absolute Gasteiger partial charge is 0.496 e. The zero-order valence-electron chi connectivity index (χ0n) is 16.3. The molecule has 6 nitrogen and oxygen atoms in total. The summed E-state index contributed by atoms with van der Waals surface area (Å²) in [6.07, 6.45) is 5.69. The van der Waals surface area contributed by atoms with E-state index < -0.39 is 0 Å². The van der Waals surface area contributed by atoms with Gasteiger partial charge < -0.3 is 19.5 Å². The van der Waals surface area contributed by atoms with Crippen LogP contribution in [0.4, 0.5) is 11.6 Å². The van der Waals surface area contributed by atoms with Gasteiger partial charge in [-0.1, -0.05) is 30.4 Å². The second-order valence-electron chi connectivity index (χ2n) is 6.62. The van der Waals surface area contributed by atoms with E-state index in [0.29, 0.717) is 32.4 Å². The average molecular weight is 389 g/mol. The first-order valence-electron chi connectivity index (χ1n) is 9.48. The Kier molecular flexibility index (Phi) is 6.14. The van der Waals surface area contributed by atoms with Crippen molar-refractivity contribution >= 4 is 11.6 Å². The Morgan fingerprint density at radius 2 is 1.83 bits per heavy atom. The number of aromatic nitrogens is 2. The second kappa shape index (κ2) is 9.32. The molecule has 1 aliphatic rings. The lowest BCUT2D eigenvalue weighted by molar-refractivity contribution is 0.139. The fourth-order valence-corrected chi connectivity index (χ4v) is 3.12. The number of anilines is 2. The maximum Gasteiger partial charge on any atom is 0.227 e. The van der Waals surface area contributed by atoms with E-state index in [2.05, 4.69) is 21.4 Å². The van der Waals surface area contributed by atoms with Crippen LogP contribution in [0.2, 0.25) is 0 Å². The lowest BCUT2D eigenvalue weighted by Crippen LogP contribution is -2.02. The highest BCUT2D eigenvalue weighted by atomic mass is 16.5. The predicted molar refractivity (Wildman–Crippen MR) is 112 cm³/mol. The van der Waals surface area contributed by atoms with Crippen LogP contribution in [0.25, 0.3) is 11.3 Å². The van der Waals surface area contributed by atoms with Crippen molar-refractivity contribution in [2.75, 3.05) is 25.6 Å². The van der Waals surface area contributed by atoms with Gasteiger partial charge in [0.05, 0.1) is 39.2 Å². The number of hydrogen-bond acceptors (Lipinski definition) is 6. The van der Waals surface area contributed by atoms with Crippen molar-refractivity contribution in [3.63, 3.8) is 0 Å². The molecule has 0 unspecified atom stereocenters. The number of nitrogens with zero attached hydrogens (tertiary/aromatic N) is 2. The highest BCUT2D eigenvalue weighted by Gasteiger charge is 2.08. The van der Waals surface area contributed by atoms with Crippen molar-refractivity contribution in [1.82, 2.24) is 9.97 Å². The van der Waals surface area contributed by atoms with E-state index >= 15 is 0 Å². The summed E-state index contributed by atoms with van der Waals surface area (Å²) >= 11 is 0. The molecule has 0 radical (unpaired) electrons. The van der Waals surface area contributed by atoms with Gasteiger partial charge in [-0.2, -0.15) is 0 Å². The van der Waals surface area contributed by atoms with Gasteiger partial charge >= 0.3 is 0 Å². The van der Waals surface area contributed by atoms with Gasteiger partial charge in [0.2, 0.25) is 5.95 Å². The van der Waals surface area contributed by atoms with E-state index in [9.17, 15) is 0 Å². The standard InChI is InChI=1S/C23H23N3O3/c1-27-22-8-7-20-14-19(22)16-29-12-3-2-11-28-15-17-5-4-6-18(13-17)21-9-10-24-23(25-20)26-21/h2-10,13-14H,11-12,15-16H2,1H3,(H,24,25,26)/b3-2+. The third-order valence-corrected chi connectivity index (χ3v) is 4.54. The van der Waals surface area contributed by atoms with Gasteiger partial charge in [-0.3, -0.25) is 0 Å². The van der Waals surface area contributed by atoms with Gasteiger partial charge in [0.15, 0.2) is 0 Å². The Morgan fingerprint density at radius 3 is 2.69 bits per heavy atom. The van der Waals surface area contributed by atoms with Crippen molar-refractivity contribution in [3.8, 4) is 17.0 Å². The van der Waals surface area contributed by atoms with Gasteiger partial charge in [0, 0.05) is 23.0 Å². The van der Waals surface area contributed by atoms with Crippen molar-refractivity contribution in [2.24, 2.45) is 0 Å². The zero-order valence-corrected chi connectivity index (χ0v) is 16.3. The summed E-state index contributed by atoms with van der Waals surface area (Å²) in [5.74, 6) is 1.31. The summed E-state index contributed by atoms with van der Waals surface area (Å²) in [5.41, 5.74) is 4.80. The summed E-state index contributed by atoms with van der Waals surface area (Å²) in [6, 6.07) is 15.9. The van der Waals surface area contributed by atoms with Gasteiger partial charge in [-0.25, -0.2) is 9.97 Å². The molecule has 6 bridgehead atoms. The molecule has 3 aromatic rings. The summed E-state index contributed by atoms with van der Waals surface area (Å²) in [4.78, 5) is 9.03. The molecule has 1 N–H and O–H groups in total. The van der Waals surface area contributed by atoms with Crippen LogP contribution in [0.3, 0.4) is 0 Å². The lowest BCUT2D eigenvalue weighted by Gasteiger charge is -2.12. The molecule has 0 saturated carbocycles. The van der Waals surface area contributed by atoms with Crippen LogP contribution in [-0.2, 0) is 22.7 Å². The van der Waals surface area contributed by atoms with Crippen molar-refractivity contribution in [2.45, 2.75) is 13.2 Å². The summed E-state index contributed by atoms with van der Waals surface area (Å²) in [6.45, 7) is 2.02. The molecule has 0 aliphatic carbocycles. The molecule has 0 amide bonds. The van der Waals surface area contributed by atoms with Gasteiger partial charge in [-0.15, -0.1) is 0 Å². The first kappa shape index (κ1) is 19.1. The molecule has 0 fully saturated rings. The number of hydrogen-bond donors (Lipinski definition) is 1. The van der Waals surface area contributed by atoms with Gasteiger partial charge in [-0.05, 0) is 35.9 Å². The minimum Gasteiger partial charge on any atom is -0.496 e. The Balaban J connectivity index is 1.68. The van der Waals surface area contributed by atoms with Crippen LogP contribution in [-0.4, -0.2) is 30.3 Å². The van der Waals surface area contributed by atoms with E-state index in [4.69, 9.17) is 14.2 Å². The van der Waals surface area contributed by atoms with Crippen LogP contribution in [0.15, 0.2) is 66.9 Å². The smallest absolute Gasteiger partial charge is 0.227 e. The number of fused-ring (bicyclic) bond motifs is 7. The minimum absolute atomic E-state index is 0.440. The highest BCUT2D eigenvalue weighted by Crippen LogP contribution is 2.26. The van der Waals surface area contributed by atoms with Crippen molar-refractivity contribution < 1.29 is 14.2 Å². The molecule has 6 heteroatoms. The first-order chi connectivity index (χ1) is 14.3. The van der Waals surface area contributed by atoms with Gasteiger partial charge in [0.25, 0.3) is 0 Å². The predicted octanol–water partition coefficient (Wildman–Crippen LogP) is 4.50. The van der Waals surface area contributed by atoms with Crippen molar-refractivity contribution in [1.29, 1.82) is 0 Å². The molecule has 2 aromatic carbocycles. The number of methoxy groups -OCH3 is 1. The second-order valence-corrected chi connectivity index (χ2v) is 6.62. The topological polar surface area (TPSA) is 65.5 Å². The normalized spacial score (nSPS) is 15.5. The van der Waals surface area contributed by atoms with Crippen LogP contribution < -0.4 is 10.1 Å². The van der Waals surface area contributed by atoms with Crippen LogP contribution >= 0.6 is 0 Å². The lowest BCUT2D eigenvalue weighted by atomic mass is 10.1. The molecule has 0 spiro atoms. The maximum atomic E-state index is 5.76. The van der Waals surface area contributed by atoms with Gasteiger partial charge in [0.1, 0.15) is 5.75 Å².